The first-order valence-corrected chi connectivity index (χ1v) is 6.42. The molecule has 1 fully saturated rings. The highest BCUT2D eigenvalue weighted by Crippen LogP contribution is 2.31. The van der Waals surface area contributed by atoms with Gasteiger partial charge >= 0.3 is 0 Å². The van der Waals surface area contributed by atoms with Crippen LogP contribution in [0.3, 0.4) is 0 Å². The molecule has 0 unspecified atom stereocenters. The smallest absolute Gasteiger partial charge is 0.237 e. The Balaban J connectivity index is 2.31. The Labute approximate surface area is 111 Å². The van der Waals surface area contributed by atoms with Crippen molar-refractivity contribution in [1.82, 2.24) is 4.98 Å². The number of hydrogen-bond acceptors (Lipinski definition) is 4. The molecule has 5 nitrogen and oxygen atoms in total. The molecule has 2 rings (SSSR count). The number of nitrogens with zero attached hydrogens (tertiary/aromatic N) is 2. The summed E-state index contributed by atoms with van der Waals surface area (Å²) >= 11 is 5.89. The van der Waals surface area contributed by atoms with E-state index in [9.17, 15) is 4.79 Å². The normalized spacial score (nSPS) is 15.8. The summed E-state index contributed by atoms with van der Waals surface area (Å²) in [4.78, 5) is 17.3. The van der Waals surface area contributed by atoms with Crippen molar-refractivity contribution in [2.45, 2.75) is 31.7 Å². The van der Waals surface area contributed by atoms with Crippen LogP contribution in [0.1, 0.15) is 25.7 Å². The number of halogens is 1. The third-order valence-corrected chi connectivity index (χ3v) is 3.45. The van der Waals surface area contributed by atoms with Crippen LogP contribution in [0.4, 0.5) is 11.5 Å². The van der Waals surface area contributed by atoms with Gasteiger partial charge in [-0.3, -0.25) is 4.79 Å². The van der Waals surface area contributed by atoms with Crippen LogP contribution in [0.15, 0.2) is 12.1 Å². The molecule has 6 heteroatoms. The molecule has 0 atom stereocenters. The third-order valence-electron chi connectivity index (χ3n) is 3.24. The molecule has 0 bridgehead atoms. The van der Waals surface area contributed by atoms with Crippen LogP contribution in [0.5, 0.6) is 0 Å². The Bertz CT molecular complexity index is 446. The van der Waals surface area contributed by atoms with Crippen LogP contribution in [-0.4, -0.2) is 23.5 Å². The average molecular weight is 269 g/mol. The lowest BCUT2D eigenvalue weighted by Crippen LogP contribution is -2.41. The molecule has 4 N–H and O–H groups in total. The van der Waals surface area contributed by atoms with Gasteiger partial charge < -0.3 is 16.4 Å². The molecule has 1 aliphatic carbocycles. The molecule has 18 heavy (non-hydrogen) atoms. The Morgan fingerprint density at radius 1 is 1.44 bits per heavy atom. The maximum absolute atomic E-state index is 11.2. The van der Waals surface area contributed by atoms with Gasteiger partial charge in [0.25, 0.3) is 0 Å². The molecule has 98 valence electrons. The number of anilines is 2. The number of carbonyl (C=O) groups is 1. The zero-order valence-electron chi connectivity index (χ0n) is 10.1. The van der Waals surface area contributed by atoms with Gasteiger partial charge in [0.15, 0.2) is 5.82 Å². The predicted molar refractivity (Wildman–Crippen MR) is 72.5 cm³/mol. The van der Waals surface area contributed by atoms with Crippen molar-refractivity contribution in [3.63, 3.8) is 0 Å². The minimum absolute atomic E-state index is 0.127. The molecule has 0 aromatic carbocycles. The van der Waals surface area contributed by atoms with Gasteiger partial charge in [0.05, 0.1) is 12.2 Å². The number of nitrogens with two attached hydrogens (primary N) is 2. The van der Waals surface area contributed by atoms with E-state index in [1.54, 1.807) is 12.1 Å². The van der Waals surface area contributed by atoms with E-state index >= 15 is 0 Å². The molecule has 0 saturated heterocycles. The van der Waals surface area contributed by atoms with E-state index in [1.807, 2.05) is 4.90 Å². The van der Waals surface area contributed by atoms with Crippen molar-refractivity contribution < 1.29 is 4.79 Å². The van der Waals surface area contributed by atoms with Crippen molar-refractivity contribution >= 4 is 29.0 Å². The van der Waals surface area contributed by atoms with Crippen molar-refractivity contribution in [3.05, 3.63) is 17.3 Å². The molecule has 0 spiro atoms. The number of amides is 1. The molecule has 1 amide bonds. The number of nitrogen functional groups attached to an aromatic ring is 1. The number of primary amides is 1. The van der Waals surface area contributed by atoms with Gasteiger partial charge in [-0.05, 0) is 25.0 Å². The SMILES string of the molecule is NC(=O)CN(c1nc(Cl)ccc1N)C1CCCC1. The van der Waals surface area contributed by atoms with E-state index in [1.165, 1.54) is 0 Å². The van der Waals surface area contributed by atoms with Gasteiger partial charge in [0.1, 0.15) is 5.15 Å². The summed E-state index contributed by atoms with van der Waals surface area (Å²) in [5, 5.41) is 0.367. The summed E-state index contributed by atoms with van der Waals surface area (Å²) in [6.45, 7) is 0.127. The second kappa shape index (κ2) is 5.44. The summed E-state index contributed by atoms with van der Waals surface area (Å²) in [6, 6.07) is 3.61. The van der Waals surface area contributed by atoms with Gasteiger partial charge in [-0.1, -0.05) is 24.4 Å². The number of carbonyl (C=O) groups excluding carboxylic acids is 1. The predicted octanol–water partition coefficient (Wildman–Crippen LogP) is 1.55. The summed E-state index contributed by atoms with van der Waals surface area (Å²) in [5.74, 6) is 0.177. The second-order valence-corrected chi connectivity index (χ2v) is 4.97. The van der Waals surface area contributed by atoms with Gasteiger partial charge in [0, 0.05) is 6.04 Å². The van der Waals surface area contributed by atoms with Crippen molar-refractivity contribution in [2.24, 2.45) is 5.73 Å². The van der Waals surface area contributed by atoms with Crippen molar-refractivity contribution in [2.75, 3.05) is 17.2 Å². The Morgan fingerprint density at radius 2 is 2.11 bits per heavy atom. The van der Waals surface area contributed by atoms with Crippen LogP contribution < -0.4 is 16.4 Å². The van der Waals surface area contributed by atoms with Crippen LogP contribution in [0, 0.1) is 0 Å². The molecule has 1 aromatic rings. The van der Waals surface area contributed by atoms with Crippen molar-refractivity contribution in [1.29, 1.82) is 0 Å². The largest absolute Gasteiger partial charge is 0.396 e. The van der Waals surface area contributed by atoms with Gasteiger partial charge in [-0.2, -0.15) is 0 Å². The average Bonchev–Trinajstić information content (AvgIpc) is 2.82. The van der Waals surface area contributed by atoms with Crippen LogP contribution in [0.2, 0.25) is 5.15 Å². The molecular formula is C12H17ClN4O. The van der Waals surface area contributed by atoms with Crippen LogP contribution in [-0.2, 0) is 4.79 Å². The molecule has 1 aromatic heterocycles. The molecular weight excluding hydrogens is 252 g/mol. The highest BCUT2D eigenvalue weighted by atomic mass is 35.5. The van der Waals surface area contributed by atoms with Gasteiger partial charge in [-0.15, -0.1) is 0 Å². The van der Waals surface area contributed by atoms with Crippen LogP contribution in [0.25, 0.3) is 0 Å². The zero-order chi connectivity index (χ0) is 13.1. The molecule has 1 aliphatic rings. The number of rotatable bonds is 4. The molecule has 0 radical (unpaired) electrons. The summed E-state index contributed by atoms with van der Waals surface area (Å²) in [5.41, 5.74) is 11.7. The summed E-state index contributed by atoms with van der Waals surface area (Å²) < 4.78 is 0. The maximum atomic E-state index is 11.2. The topological polar surface area (TPSA) is 85.2 Å². The van der Waals surface area contributed by atoms with E-state index in [2.05, 4.69) is 4.98 Å². The number of pyridine rings is 1. The maximum Gasteiger partial charge on any atom is 0.237 e. The van der Waals surface area contributed by atoms with E-state index in [0.29, 0.717) is 16.7 Å². The molecule has 1 heterocycles. The number of hydrogen-bond donors (Lipinski definition) is 2. The van der Waals surface area contributed by atoms with Crippen LogP contribution >= 0.6 is 11.6 Å². The lowest BCUT2D eigenvalue weighted by Gasteiger charge is -2.29. The highest BCUT2D eigenvalue weighted by Gasteiger charge is 2.26. The van der Waals surface area contributed by atoms with E-state index in [0.717, 1.165) is 25.7 Å². The number of aromatic nitrogens is 1. The first-order chi connectivity index (χ1) is 8.58. The minimum Gasteiger partial charge on any atom is -0.396 e. The Morgan fingerprint density at radius 3 is 2.72 bits per heavy atom. The summed E-state index contributed by atoms with van der Waals surface area (Å²) in [7, 11) is 0. The standard InChI is InChI=1S/C12H17ClN4O/c13-10-6-5-9(14)12(16-10)17(7-11(15)18)8-3-1-2-4-8/h5-6,8H,1-4,7,14H2,(H2,15,18). The fourth-order valence-corrected chi connectivity index (χ4v) is 2.57. The lowest BCUT2D eigenvalue weighted by molar-refractivity contribution is -0.116. The fourth-order valence-electron chi connectivity index (χ4n) is 2.43. The molecule has 0 aliphatic heterocycles. The Kier molecular flexibility index (Phi) is 3.91. The highest BCUT2D eigenvalue weighted by molar-refractivity contribution is 6.29. The zero-order valence-corrected chi connectivity index (χ0v) is 10.9. The molecule has 1 saturated carbocycles. The van der Waals surface area contributed by atoms with E-state index in [-0.39, 0.29) is 18.5 Å². The second-order valence-electron chi connectivity index (χ2n) is 4.58. The first kappa shape index (κ1) is 13.0. The van der Waals surface area contributed by atoms with E-state index < -0.39 is 0 Å². The quantitative estimate of drug-likeness (QED) is 0.812. The van der Waals surface area contributed by atoms with Crippen molar-refractivity contribution in [3.8, 4) is 0 Å². The minimum atomic E-state index is -0.386. The fraction of sp³-hybridized carbons (Fsp3) is 0.500. The van der Waals surface area contributed by atoms with E-state index in [4.69, 9.17) is 23.1 Å². The summed E-state index contributed by atoms with van der Waals surface area (Å²) in [6.07, 6.45) is 4.36. The monoisotopic (exact) mass is 268 g/mol. The first-order valence-electron chi connectivity index (χ1n) is 6.05. The third kappa shape index (κ3) is 2.85. The Hall–Kier alpha value is -1.49. The lowest BCUT2D eigenvalue weighted by atomic mass is 10.2. The van der Waals surface area contributed by atoms with Gasteiger partial charge in [-0.25, -0.2) is 4.98 Å². The van der Waals surface area contributed by atoms with Gasteiger partial charge in [0.2, 0.25) is 5.91 Å².